The minimum absolute atomic E-state index is 0.213. The molecule has 0 spiro atoms. The van der Waals surface area contributed by atoms with Gasteiger partial charge in [0, 0.05) is 33.1 Å². The molecule has 0 aromatic heterocycles. The molecule has 14 heavy (non-hydrogen) atoms. The van der Waals surface area contributed by atoms with Gasteiger partial charge in [-0.2, -0.15) is 0 Å². The van der Waals surface area contributed by atoms with Gasteiger partial charge in [0.1, 0.15) is 5.92 Å². The summed E-state index contributed by atoms with van der Waals surface area (Å²) in [7, 11) is 3.53. The quantitative estimate of drug-likeness (QED) is 0.476. The third-order valence-electron chi connectivity index (χ3n) is 2.08. The maximum absolute atomic E-state index is 11.4. The highest BCUT2D eigenvalue weighted by Gasteiger charge is 2.37. The van der Waals surface area contributed by atoms with Gasteiger partial charge in [0.15, 0.2) is 17.3 Å². The van der Waals surface area contributed by atoms with E-state index in [2.05, 4.69) is 0 Å². The van der Waals surface area contributed by atoms with Gasteiger partial charge in [0.2, 0.25) is 0 Å². The molecule has 0 aliphatic heterocycles. The molecule has 1 aliphatic carbocycles. The number of Topliss-reactive ketones (excluding diaryl/α,β-unsaturated/α-hetero) is 2. The molecule has 4 nitrogen and oxygen atoms in total. The number of ketones is 3. The van der Waals surface area contributed by atoms with Crippen LogP contribution in [0.3, 0.4) is 0 Å². The van der Waals surface area contributed by atoms with Crippen molar-refractivity contribution in [1.29, 1.82) is 0 Å². The van der Waals surface area contributed by atoms with Gasteiger partial charge in [-0.3, -0.25) is 14.4 Å². The van der Waals surface area contributed by atoms with E-state index in [0.717, 1.165) is 0 Å². The van der Waals surface area contributed by atoms with Gasteiger partial charge in [0.05, 0.1) is 0 Å². The summed E-state index contributed by atoms with van der Waals surface area (Å²) in [6.07, 6.45) is 3.25. The first kappa shape index (κ1) is 10.6. The molecule has 0 atom stereocenters. The van der Waals surface area contributed by atoms with Crippen LogP contribution in [0, 0.1) is 5.92 Å². The van der Waals surface area contributed by atoms with Crippen LogP contribution in [0.15, 0.2) is 12.3 Å². The molecular weight excluding hydrogens is 182 g/mol. The lowest BCUT2D eigenvalue weighted by Gasteiger charge is -2.04. The summed E-state index contributed by atoms with van der Waals surface area (Å²) in [5, 5.41) is 0. The Morgan fingerprint density at radius 2 is 1.79 bits per heavy atom. The first-order chi connectivity index (χ1) is 6.52. The minimum atomic E-state index is -1.02. The fraction of sp³-hybridized carbons (Fsp3) is 0.500. The zero-order chi connectivity index (χ0) is 10.7. The van der Waals surface area contributed by atoms with Gasteiger partial charge < -0.3 is 4.90 Å². The molecule has 0 saturated heterocycles. The fourth-order valence-electron chi connectivity index (χ4n) is 1.35. The molecular formula is C10H13NO3. The standard InChI is InChI=1S/C10H13NO3/c1-11(2)6-5-9(14)10-7(12)3-4-8(10)13/h5-6,10H,3-4H2,1-2H3. The van der Waals surface area contributed by atoms with E-state index in [1.54, 1.807) is 25.2 Å². The smallest absolute Gasteiger partial charge is 0.175 e. The van der Waals surface area contributed by atoms with Crippen LogP contribution >= 0.6 is 0 Å². The Morgan fingerprint density at radius 1 is 1.29 bits per heavy atom. The van der Waals surface area contributed by atoms with Gasteiger partial charge in [0.25, 0.3) is 0 Å². The Labute approximate surface area is 82.6 Å². The Bertz CT molecular complexity index is 288. The summed E-state index contributed by atoms with van der Waals surface area (Å²) in [6.45, 7) is 0. The number of carbonyl (C=O) groups excluding carboxylic acids is 3. The Hall–Kier alpha value is -1.45. The molecule has 0 heterocycles. The van der Waals surface area contributed by atoms with Crippen LogP contribution in [0.5, 0.6) is 0 Å². The summed E-state index contributed by atoms with van der Waals surface area (Å²) < 4.78 is 0. The van der Waals surface area contributed by atoms with Gasteiger partial charge in [-0.1, -0.05) is 0 Å². The molecule has 1 aliphatic rings. The Morgan fingerprint density at radius 3 is 2.21 bits per heavy atom. The molecule has 0 unspecified atom stereocenters. The van der Waals surface area contributed by atoms with Crippen molar-refractivity contribution in [2.75, 3.05) is 14.1 Å². The summed E-state index contributed by atoms with van der Waals surface area (Å²) in [5.41, 5.74) is 0. The van der Waals surface area contributed by atoms with Crippen molar-refractivity contribution in [3.63, 3.8) is 0 Å². The topological polar surface area (TPSA) is 54.5 Å². The molecule has 0 radical (unpaired) electrons. The zero-order valence-corrected chi connectivity index (χ0v) is 8.32. The fourth-order valence-corrected chi connectivity index (χ4v) is 1.35. The number of nitrogens with zero attached hydrogens (tertiary/aromatic N) is 1. The average molecular weight is 195 g/mol. The second-order valence-electron chi connectivity index (χ2n) is 3.55. The number of rotatable bonds is 3. The van der Waals surface area contributed by atoms with Gasteiger partial charge in [-0.05, 0) is 6.08 Å². The molecule has 0 aromatic carbocycles. The zero-order valence-electron chi connectivity index (χ0n) is 8.32. The van der Waals surface area contributed by atoms with Crippen molar-refractivity contribution in [3.8, 4) is 0 Å². The third kappa shape index (κ3) is 2.28. The van der Waals surface area contributed by atoms with E-state index in [0.29, 0.717) is 0 Å². The van der Waals surface area contributed by atoms with Crippen molar-refractivity contribution in [2.24, 2.45) is 5.92 Å². The van der Waals surface area contributed by atoms with Crippen LogP contribution in [0.1, 0.15) is 12.8 Å². The van der Waals surface area contributed by atoms with Crippen molar-refractivity contribution >= 4 is 17.3 Å². The summed E-state index contributed by atoms with van der Waals surface area (Å²) >= 11 is 0. The first-order valence-electron chi connectivity index (χ1n) is 4.46. The lowest BCUT2D eigenvalue weighted by molar-refractivity contribution is -0.133. The molecule has 1 fully saturated rings. The Kier molecular flexibility index (Phi) is 3.17. The lowest BCUT2D eigenvalue weighted by Crippen LogP contribution is -2.23. The molecule has 0 N–H and O–H groups in total. The maximum Gasteiger partial charge on any atom is 0.175 e. The highest BCUT2D eigenvalue weighted by Crippen LogP contribution is 2.18. The van der Waals surface area contributed by atoms with E-state index >= 15 is 0 Å². The van der Waals surface area contributed by atoms with Crippen molar-refractivity contribution < 1.29 is 14.4 Å². The highest BCUT2D eigenvalue weighted by molar-refractivity contribution is 6.25. The van der Waals surface area contributed by atoms with E-state index in [9.17, 15) is 14.4 Å². The van der Waals surface area contributed by atoms with Gasteiger partial charge in [-0.15, -0.1) is 0 Å². The predicted octanol–water partition coefficient (Wildman–Crippen LogP) is 0.179. The number of carbonyl (C=O) groups is 3. The second-order valence-corrected chi connectivity index (χ2v) is 3.55. The van der Waals surface area contributed by atoms with Crippen molar-refractivity contribution in [3.05, 3.63) is 12.3 Å². The molecule has 1 rings (SSSR count). The van der Waals surface area contributed by atoms with E-state index in [1.165, 1.54) is 6.08 Å². The minimum Gasteiger partial charge on any atom is -0.383 e. The van der Waals surface area contributed by atoms with Crippen molar-refractivity contribution in [2.45, 2.75) is 12.8 Å². The largest absolute Gasteiger partial charge is 0.383 e. The second kappa shape index (κ2) is 4.17. The third-order valence-corrected chi connectivity index (χ3v) is 2.08. The SMILES string of the molecule is CN(C)C=CC(=O)C1C(=O)CCC1=O. The van der Waals surface area contributed by atoms with Crippen LogP contribution in [0.2, 0.25) is 0 Å². The first-order valence-corrected chi connectivity index (χ1v) is 4.46. The molecule has 76 valence electrons. The van der Waals surface area contributed by atoms with E-state index in [-0.39, 0.29) is 24.4 Å². The van der Waals surface area contributed by atoms with Crippen LogP contribution < -0.4 is 0 Å². The lowest BCUT2D eigenvalue weighted by atomic mass is 10.0. The predicted molar refractivity (Wildman–Crippen MR) is 50.6 cm³/mol. The summed E-state index contributed by atoms with van der Waals surface area (Å²) in [6, 6.07) is 0. The normalized spacial score (nSPS) is 18.1. The van der Waals surface area contributed by atoms with Crippen LogP contribution in [0.25, 0.3) is 0 Å². The van der Waals surface area contributed by atoms with Gasteiger partial charge in [-0.25, -0.2) is 0 Å². The number of hydrogen-bond donors (Lipinski definition) is 0. The molecule has 0 aromatic rings. The Balaban J connectivity index is 2.69. The maximum atomic E-state index is 11.4. The van der Waals surface area contributed by atoms with Crippen LogP contribution in [-0.2, 0) is 14.4 Å². The number of hydrogen-bond acceptors (Lipinski definition) is 4. The van der Waals surface area contributed by atoms with Crippen LogP contribution in [0.4, 0.5) is 0 Å². The van der Waals surface area contributed by atoms with Gasteiger partial charge >= 0.3 is 0 Å². The molecule has 1 saturated carbocycles. The van der Waals surface area contributed by atoms with E-state index in [4.69, 9.17) is 0 Å². The summed E-state index contributed by atoms with van der Waals surface area (Å²) in [4.78, 5) is 35.5. The average Bonchev–Trinajstić information content (AvgIpc) is 2.42. The van der Waals surface area contributed by atoms with E-state index < -0.39 is 11.7 Å². The monoisotopic (exact) mass is 195 g/mol. The highest BCUT2D eigenvalue weighted by atomic mass is 16.2. The number of allylic oxidation sites excluding steroid dienone is 1. The van der Waals surface area contributed by atoms with E-state index in [1.807, 2.05) is 0 Å². The van der Waals surface area contributed by atoms with Crippen LogP contribution in [-0.4, -0.2) is 36.3 Å². The molecule has 0 bridgehead atoms. The molecule has 4 heteroatoms. The summed E-state index contributed by atoms with van der Waals surface area (Å²) in [5.74, 6) is -1.91. The van der Waals surface area contributed by atoms with Crippen molar-refractivity contribution in [1.82, 2.24) is 4.90 Å². The molecule has 0 amide bonds.